The molecule has 0 amide bonds. The molecule has 22 heavy (non-hydrogen) atoms. The molecule has 3 rings (SSSR count). The molecule has 0 radical (unpaired) electrons. The van der Waals surface area contributed by atoms with Gasteiger partial charge in [-0.25, -0.2) is 4.68 Å². The van der Waals surface area contributed by atoms with Gasteiger partial charge in [0.15, 0.2) is 12.0 Å². The summed E-state index contributed by atoms with van der Waals surface area (Å²) in [4.78, 5) is 11.3. The number of aromatic nitrogens is 3. The zero-order valence-electron chi connectivity index (χ0n) is 11.7. The van der Waals surface area contributed by atoms with Gasteiger partial charge in [-0.3, -0.25) is 4.79 Å². The Morgan fingerprint density at radius 1 is 1.18 bits per heavy atom. The van der Waals surface area contributed by atoms with Crippen LogP contribution in [0.3, 0.4) is 0 Å². The van der Waals surface area contributed by atoms with Crippen molar-refractivity contribution in [2.75, 3.05) is 7.11 Å². The van der Waals surface area contributed by atoms with Crippen molar-refractivity contribution in [1.82, 2.24) is 15.0 Å². The van der Waals surface area contributed by atoms with E-state index in [4.69, 9.17) is 16.3 Å². The predicted molar refractivity (Wildman–Crippen MR) is 83.7 cm³/mol. The van der Waals surface area contributed by atoms with E-state index in [-0.39, 0.29) is 5.69 Å². The Hall–Kier alpha value is -2.66. The second kappa shape index (κ2) is 5.99. The highest BCUT2D eigenvalue weighted by molar-refractivity contribution is 6.30. The second-order valence-electron chi connectivity index (χ2n) is 4.56. The molecule has 0 saturated heterocycles. The molecule has 0 aliphatic carbocycles. The quantitative estimate of drug-likeness (QED) is 0.693. The fourth-order valence-corrected chi connectivity index (χ4v) is 2.39. The van der Waals surface area contributed by atoms with E-state index in [1.165, 1.54) is 0 Å². The van der Waals surface area contributed by atoms with Gasteiger partial charge in [0.25, 0.3) is 0 Å². The van der Waals surface area contributed by atoms with Crippen LogP contribution in [0.5, 0.6) is 5.75 Å². The van der Waals surface area contributed by atoms with Gasteiger partial charge < -0.3 is 4.74 Å². The Bertz CT molecular complexity index is 830. The lowest BCUT2D eigenvalue weighted by molar-refractivity contribution is 0.111. The van der Waals surface area contributed by atoms with Crippen LogP contribution in [-0.4, -0.2) is 28.4 Å². The average Bonchev–Trinajstić information content (AvgIpc) is 2.99. The SMILES string of the molecule is COc1cccc(-n2nnc(C=O)c2-c2cccc(Cl)c2)c1. The molecule has 0 spiro atoms. The maximum absolute atomic E-state index is 11.3. The predicted octanol–water partition coefficient (Wildman–Crippen LogP) is 3.41. The largest absolute Gasteiger partial charge is 0.497 e. The van der Waals surface area contributed by atoms with E-state index in [1.54, 1.807) is 23.9 Å². The van der Waals surface area contributed by atoms with Gasteiger partial charge in [0, 0.05) is 16.7 Å². The lowest BCUT2D eigenvalue weighted by atomic mass is 10.1. The number of hydrogen-bond donors (Lipinski definition) is 0. The Morgan fingerprint density at radius 3 is 2.73 bits per heavy atom. The highest BCUT2D eigenvalue weighted by Gasteiger charge is 2.16. The summed E-state index contributed by atoms with van der Waals surface area (Å²) >= 11 is 6.04. The lowest BCUT2D eigenvalue weighted by Gasteiger charge is -2.08. The summed E-state index contributed by atoms with van der Waals surface area (Å²) in [6, 6.07) is 14.6. The Balaban J connectivity index is 2.21. The van der Waals surface area contributed by atoms with Gasteiger partial charge in [0.1, 0.15) is 11.4 Å². The summed E-state index contributed by atoms with van der Waals surface area (Å²) < 4.78 is 6.82. The van der Waals surface area contributed by atoms with E-state index in [1.807, 2.05) is 36.4 Å². The number of nitrogens with zero attached hydrogens (tertiary/aromatic N) is 3. The second-order valence-corrected chi connectivity index (χ2v) is 5.00. The van der Waals surface area contributed by atoms with E-state index < -0.39 is 0 Å². The van der Waals surface area contributed by atoms with Gasteiger partial charge in [0.2, 0.25) is 0 Å². The molecule has 5 nitrogen and oxygen atoms in total. The first-order chi connectivity index (χ1) is 10.7. The van der Waals surface area contributed by atoms with Crippen molar-refractivity contribution in [2.45, 2.75) is 0 Å². The number of benzene rings is 2. The van der Waals surface area contributed by atoms with Crippen LogP contribution >= 0.6 is 11.6 Å². The minimum absolute atomic E-state index is 0.255. The molecular formula is C16H12ClN3O2. The van der Waals surface area contributed by atoms with Crippen LogP contribution < -0.4 is 4.74 Å². The maximum Gasteiger partial charge on any atom is 0.172 e. The normalized spacial score (nSPS) is 10.5. The first-order valence-corrected chi connectivity index (χ1v) is 6.92. The number of halogens is 1. The zero-order chi connectivity index (χ0) is 15.5. The minimum atomic E-state index is 0.255. The average molecular weight is 314 g/mol. The molecule has 6 heteroatoms. The molecule has 0 N–H and O–H groups in total. The summed E-state index contributed by atoms with van der Waals surface area (Å²) in [5.74, 6) is 0.692. The summed E-state index contributed by atoms with van der Waals surface area (Å²) in [5.41, 5.74) is 2.35. The van der Waals surface area contributed by atoms with Crippen LogP contribution in [-0.2, 0) is 0 Å². The molecule has 110 valence electrons. The highest BCUT2D eigenvalue weighted by atomic mass is 35.5. The van der Waals surface area contributed by atoms with E-state index in [2.05, 4.69) is 10.3 Å². The molecule has 3 aromatic rings. The van der Waals surface area contributed by atoms with Crippen molar-refractivity contribution in [3.8, 4) is 22.7 Å². The molecule has 2 aromatic carbocycles. The van der Waals surface area contributed by atoms with E-state index in [0.29, 0.717) is 22.8 Å². The molecule has 0 aliphatic rings. The first kappa shape index (κ1) is 14.3. The molecule has 1 aromatic heterocycles. The molecule has 0 atom stereocenters. The van der Waals surface area contributed by atoms with Crippen LogP contribution in [0.1, 0.15) is 10.5 Å². The van der Waals surface area contributed by atoms with Gasteiger partial charge in [-0.05, 0) is 24.3 Å². The molecule has 0 unspecified atom stereocenters. The van der Waals surface area contributed by atoms with Gasteiger partial charge in [-0.15, -0.1) is 5.10 Å². The van der Waals surface area contributed by atoms with Crippen molar-refractivity contribution >= 4 is 17.9 Å². The zero-order valence-corrected chi connectivity index (χ0v) is 12.5. The molecule has 0 aliphatic heterocycles. The Morgan fingerprint density at radius 2 is 2.00 bits per heavy atom. The highest BCUT2D eigenvalue weighted by Crippen LogP contribution is 2.27. The Kier molecular flexibility index (Phi) is 3.89. The monoisotopic (exact) mass is 313 g/mol. The third kappa shape index (κ3) is 2.58. The number of carbonyl (C=O) groups excluding carboxylic acids is 1. The number of carbonyl (C=O) groups is 1. The van der Waals surface area contributed by atoms with Crippen molar-refractivity contribution in [3.05, 3.63) is 59.2 Å². The van der Waals surface area contributed by atoms with Crippen molar-refractivity contribution in [3.63, 3.8) is 0 Å². The molecule has 0 bridgehead atoms. The molecule has 1 heterocycles. The molecular weight excluding hydrogens is 302 g/mol. The van der Waals surface area contributed by atoms with Crippen LogP contribution in [0.4, 0.5) is 0 Å². The fraction of sp³-hybridized carbons (Fsp3) is 0.0625. The fourth-order valence-electron chi connectivity index (χ4n) is 2.20. The van der Waals surface area contributed by atoms with Crippen molar-refractivity contribution in [2.24, 2.45) is 0 Å². The minimum Gasteiger partial charge on any atom is -0.497 e. The third-order valence-electron chi connectivity index (χ3n) is 3.20. The van der Waals surface area contributed by atoms with Gasteiger partial charge in [-0.2, -0.15) is 0 Å². The summed E-state index contributed by atoms with van der Waals surface area (Å²) in [5, 5.41) is 8.59. The Labute approximate surface area is 132 Å². The number of aldehydes is 1. The standard InChI is InChI=1S/C16H12ClN3O2/c1-22-14-7-3-6-13(9-14)20-16(15(10-21)18-19-20)11-4-2-5-12(17)8-11/h2-10H,1H3. The van der Waals surface area contributed by atoms with E-state index >= 15 is 0 Å². The van der Waals surface area contributed by atoms with Crippen LogP contribution in [0.2, 0.25) is 5.02 Å². The van der Waals surface area contributed by atoms with Crippen molar-refractivity contribution in [1.29, 1.82) is 0 Å². The summed E-state index contributed by atoms with van der Waals surface area (Å²) in [6.07, 6.45) is 0.680. The number of rotatable bonds is 4. The van der Waals surface area contributed by atoms with Gasteiger partial charge in [0.05, 0.1) is 12.8 Å². The van der Waals surface area contributed by atoms with Crippen LogP contribution in [0, 0.1) is 0 Å². The maximum atomic E-state index is 11.3. The lowest BCUT2D eigenvalue weighted by Crippen LogP contribution is -2.00. The topological polar surface area (TPSA) is 57.0 Å². The molecule has 0 saturated carbocycles. The third-order valence-corrected chi connectivity index (χ3v) is 3.44. The summed E-state index contributed by atoms with van der Waals surface area (Å²) in [7, 11) is 1.59. The van der Waals surface area contributed by atoms with Crippen LogP contribution in [0.25, 0.3) is 16.9 Å². The van der Waals surface area contributed by atoms with Crippen LogP contribution in [0.15, 0.2) is 48.5 Å². The molecule has 0 fully saturated rings. The summed E-state index contributed by atoms with van der Waals surface area (Å²) in [6.45, 7) is 0. The number of methoxy groups -OCH3 is 1. The van der Waals surface area contributed by atoms with Gasteiger partial charge in [-0.1, -0.05) is 35.0 Å². The smallest absolute Gasteiger partial charge is 0.172 e. The van der Waals surface area contributed by atoms with Gasteiger partial charge >= 0.3 is 0 Å². The van der Waals surface area contributed by atoms with Crippen molar-refractivity contribution < 1.29 is 9.53 Å². The number of hydrogen-bond acceptors (Lipinski definition) is 4. The van der Waals surface area contributed by atoms with E-state index in [9.17, 15) is 4.79 Å². The first-order valence-electron chi connectivity index (χ1n) is 6.54. The number of ether oxygens (including phenoxy) is 1. The van der Waals surface area contributed by atoms with E-state index in [0.717, 1.165) is 11.3 Å².